The van der Waals surface area contributed by atoms with Crippen molar-refractivity contribution in [2.24, 2.45) is 0 Å². The van der Waals surface area contributed by atoms with Crippen LogP contribution in [0.2, 0.25) is 0 Å². The minimum absolute atomic E-state index is 0.877. The molecule has 0 aliphatic carbocycles. The van der Waals surface area contributed by atoms with E-state index in [2.05, 4.69) is 295 Å². The van der Waals surface area contributed by atoms with E-state index >= 15 is 0 Å². The van der Waals surface area contributed by atoms with Crippen LogP contribution in [0.5, 0.6) is 0 Å². The van der Waals surface area contributed by atoms with Gasteiger partial charge in [0.15, 0.2) is 0 Å². The average molecular weight is 1040 g/mol. The number of nitrogens with zero attached hydrogens (tertiary/aromatic N) is 2. The Morgan fingerprint density at radius 1 is 0.225 bits per heavy atom. The SMILES string of the molecule is c1ccc2cc(N(c3cc(-c4cc(-c5ccc6oc7ccccc7c6c5)cc(-c5ccc6sc7ccccc7c6c5)c4)cc(N(c4cccc5ccccc45)c4cccc5ccccc45)c3)c3cccc4ccccc34)ccc2c1. The van der Waals surface area contributed by atoms with Crippen molar-refractivity contribution in [2.75, 3.05) is 9.80 Å². The van der Waals surface area contributed by atoms with Gasteiger partial charge in [0, 0.05) is 64.2 Å². The molecule has 374 valence electrons. The minimum atomic E-state index is 0.877. The normalized spacial score (nSPS) is 11.8. The van der Waals surface area contributed by atoms with Crippen LogP contribution < -0.4 is 9.80 Å². The summed E-state index contributed by atoms with van der Waals surface area (Å²) in [5, 5.41) is 14.2. The van der Waals surface area contributed by atoms with Crippen molar-refractivity contribution in [3.8, 4) is 33.4 Å². The first-order valence-corrected chi connectivity index (χ1v) is 28.1. The molecule has 0 amide bonds. The second-order valence-corrected chi connectivity index (χ2v) is 21.9. The fourth-order valence-corrected chi connectivity index (χ4v) is 13.4. The number of hydrogen-bond acceptors (Lipinski definition) is 4. The van der Waals surface area contributed by atoms with E-state index in [0.717, 1.165) is 106 Å². The molecule has 0 fully saturated rings. The van der Waals surface area contributed by atoms with Gasteiger partial charge in [0.05, 0.1) is 17.1 Å². The lowest BCUT2D eigenvalue weighted by Crippen LogP contribution is -2.14. The monoisotopic (exact) mass is 1040 g/mol. The standard InChI is InChI=1S/C76H48N2OS/c1-2-20-53-43-60(37-34-49(53)16-1)77(70-29-13-21-50-17-3-6-24-63(50)70)61-44-59(45-62(48-61)78(71-30-14-22-51-18-4-7-25-64(51)71)72-31-15-23-52-19-5-8-26-65(52)72)58-41-56(54-35-38-74-68(46-54)66-27-9-11-32-73(66)79-74)40-57(42-58)55-36-39-76-69(47-55)67-28-10-12-33-75(67)80-76/h1-48H. The van der Waals surface area contributed by atoms with Crippen molar-refractivity contribution in [2.45, 2.75) is 0 Å². The first kappa shape index (κ1) is 45.9. The predicted molar refractivity (Wildman–Crippen MR) is 342 cm³/mol. The highest BCUT2D eigenvalue weighted by Gasteiger charge is 2.24. The lowest BCUT2D eigenvalue weighted by Gasteiger charge is -2.32. The topological polar surface area (TPSA) is 19.6 Å². The third-order valence-corrected chi connectivity index (χ3v) is 17.3. The Kier molecular flexibility index (Phi) is 10.7. The summed E-state index contributed by atoms with van der Waals surface area (Å²) >= 11 is 1.85. The van der Waals surface area contributed by atoms with Gasteiger partial charge in [-0.25, -0.2) is 0 Å². The largest absolute Gasteiger partial charge is 0.456 e. The Morgan fingerprint density at radius 2 is 0.675 bits per heavy atom. The summed E-state index contributed by atoms with van der Waals surface area (Å²) in [5.74, 6) is 0. The van der Waals surface area contributed by atoms with E-state index < -0.39 is 0 Å². The zero-order valence-corrected chi connectivity index (χ0v) is 44.2. The van der Waals surface area contributed by atoms with Crippen LogP contribution in [0.25, 0.3) is 119 Å². The van der Waals surface area contributed by atoms with E-state index in [1.165, 1.54) is 47.1 Å². The zero-order chi connectivity index (χ0) is 52.7. The first-order valence-electron chi connectivity index (χ1n) is 27.3. The Labute approximate surface area is 466 Å². The molecule has 0 aliphatic rings. The van der Waals surface area contributed by atoms with E-state index in [1.807, 2.05) is 17.4 Å². The van der Waals surface area contributed by atoms with Gasteiger partial charge in [-0.2, -0.15) is 0 Å². The fourth-order valence-electron chi connectivity index (χ4n) is 12.3. The Morgan fingerprint density at radius 3 is 1.32 bits per heavy atom. The van der Waals surface area contributed by atoms with Crippen molar-refractivity contribution in [1.82, 2.24) is 0 Å². The lowest BCUT2D eigenvalue weighted by molar-refractivity contribution is 0.669. The van der Waals surface area contributed by atoms with Crippen molar-refractivity contribution in [3.63, 3.8) is 0 Å². The van der Waals surface area contributed by atoms with Gasteiger partial charge < -0.3 is 14.2 Å². The molecule has 2 heterocycles. The summed E-state index contributed by atoms with van der Waals surface area (Å²) in [7, 11) is 0. The van der Waals surface area contributed by atoms with Gasteiger partial charge in [-0.15, -0.1) is 11.3 Å². The smallest absolute Gasteiger partial charge is 0.135 e. The van der Waals surface area contributed by atoms with Gasteiger partial charge in [0.25, 0.3) is 0 Å². The number of rotatable bonds is 9. The van der Waals surface area contributed by atoms with E-state index in [1.54, 1.807) is 0 Å². The quantitative estimate of drug-likeness (QED) is 0.144. The highest BCUT2D eigenvalue weighted by atomic mass is 32.1. The van der Waals surface area contributed by atoms with Gasteiger partial charge in [-0.3, -0.25) is 0 Å². The number of benzene rings is 14. The molecule has 0 saturated heterocycles. The van der Waals surface area contributed by atoms with Crippen LogP contribution in [-0.4, -0.2) is 0 Å². The molecule has 0 bridgehead atoms. The van der Waals surface area contributed by atoms with Crippen LogP contribution in [0.4, 0.5) is 34.1 Å². The molecule has 0 N–H and O–H groups in total. The predicted octanol–water partition coefficient (Wildman–Crippen LogP) is 22.5. The van der Waals surface area contributed by atoms with Crippen LogP contribution in [0.1, 0.15) is 0 Å². The Bertz CT molecular complexity index is 4900. The summed E-state index contributed by atoms with van der Waals surface area (Å²) in [4.78, 5) is 4.97. The maximum Gasteiger partial charge on any atom is 0.135 e. The highest BCUT2D eigenvalue weighted by Crippen LogP contribution is 2.49. The summed E-state index contributed by atoms with van der Waals surface area (Å²) in [6.45, 7) is 0. The summed E-state index contributed by atoms with van der Waals surface area (Å²) in [6.07, 6.45) is 0. The van der Waals surface area contributed by atoms with Crippen molar-refractivity contribution in [1.29, 1.82) is 0 Å². The highest BCUT2D eigenvalue weighted by molar-refractivity contribution is 7.25. The fraction of sp³-hybridized carbons (Fsp3) is 0. The van der Waals surface area contributed by atoms with Crippen molar-refractivity contribution >= 4 is 131 Å². The third kappa shape index (κ3) is 7.80. The lowest BCUT2D eigenvalue weighted by atomic mass is 9.91. The van der Waals surface area contributed by atoms with Crippen LogP contribution in [0, 0.1) is 0 Å². The number of fused-ring (bicyclic) bond motifs is 10. The molecule has 0 atom stereocenters. The van der Waals surface area contributed by atoms with Crippen LogP contribution in [0.15, 0.2) is 296 Å². The van der Waals surface area contributed by atoms with Crippen LogP contribution >= 0.6 is 11.3 Å². The van der Waals surface area contributed by atoms with Crippen molar-refractivity contribution in [3.05, 3.63) is 291 Å². The molecule has 0 aliphatic heterocycles. The van der Waals surface area contributed by atoms with Gasteiger partial charge in [-0.05, 0) is 163 Å². The molecule has 14 aromatic carbocycles. The molecular weight excluding hydrogens is 989 g/mol. The summed E-state index contributed by atoms with van der Waals surface area (Å²) in [5.41, 5.74) is 14.9. The summed E-state index contributed by atoms with van der Waals surface area (Å²) in [6, 6.07) is 107. The number of anilines is 6. The molecule has 16 aromatic rings. The van der Waals surface area contributed by atoms with Crippen LogP contribution in [0.3, 0.4) is 0 Å². The van der Waals surface area contributed by atoms with E-state index in [0.29, 0.717) is 0 Å². The molecular formula is C76H48N2OS. The van der Waals surface area contributed by atoms with Gasteiger partial charge in [-0.1, -0.05) is 188 Å². The van der Waals surface area contributed by atoms with E-state index in [-0.39, 0.29) is 0 Å². The average Bonchev–Trinajstić information content (AvgIpc) is 4.13. The molecule has 0 unspecified atom stereocenters. The number of hydrogen-bond donors (Lipinski definition) is 0. The number of thiophene rings is 1. The van der Waals surface area contributed by atoms with Crippen molar-refractivity contribution < 1.29 is 4.42 Å². The molecule has 0 spiro atoms. The number of para-hydroxylation sites is 1. The van der Waals surface area contributed by atoms with Gasteiger partial charge in [0.1, 0.15) is 11.2 Å². The van der Waals surface area contributed by atoms with Crippen LogP contribution in [-0.2, 0) is 0 Å². The molecule has 2 aromatic heterocycles. The molecule has 4 heteroatoms. The molecule has 16 rings (SSSR count). The maximum absolute atomic E-state index is 6.41. The Balaban J connectivity index is 1.01. The molecule has 80 heavy (non-hydrogen) atoms. The van der Waals surface area contributed by atoms with E-state index in [4.69, 9.17) is 4.42 Å². The maximum atomic E-state index is 6.41. The van der Waals surface area contributed by atoms with Gasteiger partial charge >= 0.3 is 0 Å². The molecule has 3 nitrogen and oxygen atoms in total. The Hall–Kier alpha value is -10.3. The number of furan rings is 1. The van der Waals surface area contributed by atoms with E-state index in [9.17, 15) is 0 Å². The third-order valence-electron chi connectivity index (χ3n) is 16.1. The molecule has 0 saturated carbocycles. The van der Waals surface area contributed by atoms with Gasteiger partial charge in [0.2, 0.25) is 0 Å². The zero-order valence-electron chi connectivity index (χ0n) is 43.4. The first-order chi connectivity index (χ1) is 39.6. The molecule has 0 radical (unpaired) electrons. The second-order valence-electron chi connectivity index (χ2n) is 20.9. The summed E-state index contributed by atoms with van der Waals surface area (Å²) < 4.78 is 8.99. The second kappa shape index (κ2) is 18.7. The minimum Gasteiger partial charge on any atom is -0.456 e.